The lowest BCUT2D eigenvalue weighted by Gasteiger charge is -2.30. The largest absolute Gasteiger partial charge is 0.400 e. The molecule has 0 saturated heterocycles. The summed E-state index contributed by atoms with van der Waals surface area (Å²) in [6.07, 6.45) is 2.99. The molecule has 1 aliphatic carbocycles. The minimum atomic E-state index is -1.57. The second-order valence-electron chi connectivity index (χ2n) is 5.17. The minimum absolute atomic E-state index is 0.441. The number of hydrogen-bond donors (Lipinski definition) is 0. The van der Waals surface area contributed by atoms with E-state index in [4.69, 9.17) is 9.69 Å². The summed E-state index contributed by atoms with van der Waals surface area (Å²) >= 11 is 0. The van der Waals surface area contributed by atoms with Crippen molar-refractivity contribution in [1.82, 2.24) is 0 Å². The Morgan fingerprint density at radius 2 is 2.08 bits per heavy atom. The molecule has 2 nitrogen and oxygen atoms in total. The van der Waals surface area contributed by atoms with E-state index in [0.717, 1.165) is 19.3 Å². The molecule has 1 rings (SSSR count). The average Bonchev–Trinajstić information content (AvgIpc) is 2.29. The Bertz CT molecular complexity index is 228. The van der Waals surface area contributed by atoms with E-state index in [0.29, 0.717) is 5.92 Å². The summed E-state index contributed by atoms with van der Waals surface area (Å²) in [6.45, 7) is 8.64. The van der Waals surface area contributed by atoms with Crippen molar-refractivity contribution in [3.05, 3.63) is 0 Å². The van der Waals surface area contributed by atoms with Crippen molar-refractivity contribution < 1.29 is 4.43 Å². The molecule has 0 aromatic rings. The molecule has 3 heteroatoms. The lowest BCUT2D eigenvalue weighted by atomic mass is 10.0. The highest BCUT2D eigenvalue weighted by Gasteiger charge is 2.41. The first-order valence-electron chi connectivity index (χ1n) is 4.98. The van der Waals surface area contributed by atoms with Crippen LogP contribution in [0.3, 0.4) is 0 Å². The summed E-state index contributed by atoms with van der Waals surface area (Å²) < 4.78 is 5.98. The molecular formula is C10H19NOSi. The van der Waals surface area contributed by atoms with Crippen molar-refractivity contribution >= 4 is 8.32 Å². The summed E-state index contributed by atoms with van der Waals surface area (Å²) in [4.78, 5) is 0. The number of nitriles is 1. The van der Waals surface area contributed by atoms with Gasteiger partial charge < -0.3 is 4.43 Å². The van der Waals surface area contributed by atoms with E-state index in [2.05, 4.69) is 32.6 Å². The van der Waals surface area contributed by atoms with Crippen LogP contribution in [0.2, 0.25) is 19.6 Å². The van der Waals surface area contributed by atoms with E-state index < -0.39 is 13.9 Å². The quantitative estimate of drug-likeness (QED) is 0.638. The SMILES string of the molecule is CC1CCC(C#N)(O[Si](C)(C)C)C1. The van der Waals surface area contributed by atoms with Crippen LogP contribution < -0.4 is 0 Å². The molecular weight excluding hydrogens is 178 g/mol. The normalized spacial score (nSPS) is 34.5. The molecule has 0 aromatic heterocycles. The molecule has 1 fully saturated rings. The molecule has 0 N–H and O–H groups in total. The Kier molecular flexibility index (Phi) is 2.84. The van der Waals surface area contributed by atoms with Crippen LogP contribution in [0.4, 0.5) is 0 Å². The van der Waals surface area contributed by atoms with Crippen molar-refractivity contribution in [1.29, 1.82) is 5.26 Å². The third kappa shape index (κ3) is 2.82. The molecule has 2 atom stereocenters. The van der Waals surface area contributed by atoms with Gasteiger partial charge in [0.05, 0.1) is 6.07 Å². The Hall–Kier alpha value is -0.333. The molecule has 0 radical (unpaired) electrons. The monoisotopic (exact) mass is 197 g/mol. The fraction of sp³-hybridized carbons (Fsp3) is 0.900. The van der Waals surface area contributed by atoms with Crippen molar-refractivity contribution in [3.8, 4) is 6.07 Å². The van der Waals surface area contributed by atoms with Gasteiger partial charge in [0.2, 0.25) is 0 Å². The topological polar surface area (TPSA) is 33.0 Å². The van der Waals surface area contributed by atoms with Crippen LogP contribution in [0.5, 0.6) is 0 Å². The molecule has 0 bridgehead atoms. The Labute approximate surface area is 82.0 Å². The summed E-state index contributed by atoms with van der Waals surface area (Å²) in [5, 5.41) is 9.14. The van der Waals surface area contributed by atoms with Gasteiger partial charge >= 0.3 is 0 Å². The molecule has 1 aliphatic rings. The van der Waals surface area contributed by atoms with Gasteiger partial charge in [-0.05, 0) is 44.8 Å². The molecule has 0 aliphatic heterocycles. The first kappa shape index (κ1) is 10.7. The predicted molar refractivity (Wildman–Crippen MR) is 55.8 cm³/mol. The highest BCUT2D eigenvalue weighted by molar-refractivity contribution is 6.69. The zero-order valence-corrected chi connectivity index (χ0v) is 10.1. The van der Waals surface area contributed by atoms with E-state index in [1.54, 1.807) is 0 Å². The third-order valence-electron chi connectivity index (χ3n) is 2.42. The van der Waals surface area contributed by atoms with Crippen molar-refractivity contribution in [2.45, 2.75) is 51.4 Å². The molecule has 1 saturated carbocycles. The highest BCUT2D eigenvalue weighted by Crippen LogP contribution is 2.38. The van der Waals surface area contributed by atoms with Crippen molar-refractivity contribution in [3.63, 3.8) is 0 Å². The fourth-order valence-electron chi connectivity index (χ4n) is 2.05. The maximum atomic E-state index is 9.14. The lowest BCUT2D eigenvalue weighted by molar-refractivity contribution is 0.124. The summed E-state index contributed by atoms with van der Waals surface area (Å²) in [5.41, 5.74) is -0.441. The number of nitrogens with zero attached hydrogens (tertiary/aromatic N) is 1. The average molecular weight is 197 g/mol. The van der Waals surface area contributed by atoms with E-state index in [1.807, 2.05) is 0 Å². The number of hydrogen-bond acceptors (Lipinski definition) is 2. The van der Waals surface area contributed by atoms with Crippen LogP contribution in [0.15, 0.2) is 0 Å². The van der Waals surface area contributed by atoms with Gasteiger partial charge in [0, 0.05) is 0 Å². The van der Waals surface area contributed by atoms with Gasteiger partial charge in [-0.3, -0.25) is 0 Å². The van der Waals surface area contributed by atoms with Crippen LogP contribution in [0, 0.1) is 17.2 Å². The van der Waals surface area contributed by atoms with Crippen LogP contribution in [0.25, 0.3) is 0 Å². The van der Waals surface area contributed by atoms with Crippen LogP contribution in [-0.2, 0) is 4.43 Å². The summed E-state index contributed by atoms with van der Waals surface area (Å²) in [7, 11) is -1.57. The van der Waals surface area contributed by atoms with E-state index >= 15 is 0 Å². The van der Waals surface area contributed by atoms with Gasteiger partial charge in [0.15, 0.2) is 8.32 Å². The second kappa shape index (κ2) is 3.43. The van der Waals surface area contributed by atoms with Gasteiger partial charge in [0.1, 0.15) is 5.60 Å². The molecule has 0 spiro atoms. The fourth-order valence-corrected chi connectivity index (χ4v) is 3.45. The first-order chi connectivity index (χ1) is 5.87. The highest BCUT2D eigenvalue weighted by atomic mass is 28.4. The summed E-state index contributed by atoms with van der Waals surface area (Å²) in [5.74, 6) is 0.649. The molecule has 2 unspecified atom stereocenters. The third-order valence-corrected chi connectivity index (χ3v) is 3.43. The van der Waals surface area contributed by atoms with Gasteiger partial charge in [0.25, 0.3) is 0 Å². The van der Waals surface area contributed by atoms with Gasteiger partial charge in [-0.2, -0.15) is 5.26 Å². The van der Waals surface area contributed by atoms with E-state index in [1.165, 1.54) is 0 Å². The lowest BCUT2D eigenvalue weighted by Crippen LogP contribution is -2.40. The smallest absolute Gasteiger partial charge is 0.185 e. The predicted octanol–water partition coefficient (Wildman–Crippen LogP) is 2.92. The van der Waals surface area contributed by atoms with E-state index in [9.17, 15) is 0 Å². The van der Waals surface area contributed by atoms with Gasteiger partial charge in [-0.1, -0.05) is 6.92 Å². The number of rotatable bonds is 2. The zero-order valence-electron chi connectivity index (χ0n) is 9.05. The summed E-state index contributed by atoms with van der Waals surface area (Å²) in [6, 6.07) is 2.38. The van der Waals surface area contributed by atoms with Gasteiger partial charge in [-0.15, -0.1) is 0 Å². The molecule has 13 heavy (non-hydrogen) atoms. The molecule has 0 aromatic carbocycles. The standard InChI is InChI=1S/C10H19NOSi/c1-9-5-6-10(7-9,8-11)12-13(2,3)4/h9H,5-7H2,1-4H3. The molecule has 74 valence electrons. The van der Waals surface area contributed by atoms with Gasteiger partial charge in [-0.25, -0.2) is 0 Å². The maximum Gasteiger partial charge on any atom is 0.185 e. The Morgan fingerprint density at radius 3 is 2.38 bits per heavy atom. The van der Waals surface area contributed by atoms with E-state index in [-0.39, 0.29) is 0 Å². The maximum absolute atomic E-state index is 9.14. The van der Waals surface area contributed by atoms with Crippen LogP contribution >= 0.6 is 0 Å². The Morgan fingerprint density at radius 1 is 1.46 bits per heavy atom. The molecule has 0 amide bonds. The van der Waals surface area contributed by atoms with Crippen molar-refractivity contribution in [2.24, 2.45) is 5.92 Å². The first-order valence-corrected chi connectivity index (χ1v) is 8.39. The van der Waals surface area contributed by atoms with Crippen molar-refractivity contribution in [2.75, 3.05) is 0 Å². The second-order valence-corrected chi connectivity index (χ2v) is 9.60. The Balaban J connectivity index is 2.68. The molecule has 0 heterocycles. The van der Waals surface area contributed by atoms with Crippen LogP contribution in [0.1, 0.15) is 26.2 Å². The zero-order chi connectivity index (χ0) is 10.1. The minimum Gasteiger partial charge on any atom is -0.400 e. The van der Waals surface area contributed by atoms with Crippen LogP contribution in [-0.4, -0.2) is 13.9 Å².